The number of benzene rings is 4. The van der Waals surface area contributed by atoms with Gasteiger partial charge in [0, 0.05) is 35.0 Å². The third-order valence-electron chi connectivity index (χ3n) is 8.49. The Bertz CT molecular complexity index is 2440. The van der Waals surface area contributed by atoms with Crippen molar-refractivity contribution in [2.75, 3.05) is 11.9 Å². The molecular weight excluding hydrogens is 745 g/mol. The van der Waals surface area contributed by atoms with Crippen molar-refractivity contribution < 1.29 is 54.1 Å². The maximum absolute atomic E-state index is 12.5. The lowest BCUT2D eigenvalue weighted by atomic mass is 9.90. The fraction of sp³-hybridized carbons (Fsp3) is 0.162. The minimum Gasteiger partial charge on any atom is -0.870 e. The quantitative estimate of drug-likeness (QED) is 0.0809. The normalized spacial score (nSPS) is 13.7. The average molecular weight is 783 g/mol. The van der Waals surface area contributed by atoms with Crippen molar-refractivity contribution in [2.45, 2.75) is 47.5 Å². The summed E-state index contributed by atoms with van der Waals surface area (Å²) in [5, 5.41) is 13.5. The topological polar surface area (TPSA) is 228 Å². The van der Waals surface area contributed by atoms with Crippen LogP contribution in [0.15, 0.2) is 136 Å². The van der Waals surface area contributed by atoms with Gasteiger partial charge in [-0.05, 0) is 96.3 Å². The fourth-order valence-corrected chi connectivity index (χ4v) is 7.60. The van der Waals surface area contributed by atoms with Crippen molar-refractivity contribution in [3.8, 4) is 5.75 Å². The number of allylic oxidation sites excluding steroid dienone is 5. The van der Waals surface area contributed by atoms with E-state index in [9.17, 15) is 44.0 Å². The van der Waals surface area contributed by atoms with Crippen LogP contribution >= 0.6 is 0 Å². The van der Waals surface area contributed by atoms with Gasteiger partial charge in [0.15, 0.2) is 12.3 Å². The maximum Gasteiger partial charge on any atom is 0.295 e. The molecule has 0 saturated heterocycles. The second kappa shape index (κ2) is 16.4. The minimum atomic E-state index is -4.78. The second-order valence-electron chi connectivity index (χ2n) is 11.9. The number of rotatable bonds is 12. The van der Waals surface area contributed by atoms with Crippen LogP contribution in [0, 0.1) is 0 Å². The van der Waals surface area contributed by atoms with Gasteiger partial charge in [-0.2, -0.15) is 25.3 Å². The van der Waals surface area contributed by atoms with Crippen LogP contribution in [0.4, 0.5) is 5.69 Å². The minimum absolute atomic E-state index is 0. The summed E-state index contributed by atoms with van der Waals surface area (Å²) < 4.78 is 102. The first-order valence-corrected chi connectivity index (χ1v) is 20.3. The third kappa shape index (κ3) is 9.94. The van der Waals surface area contributed by atoms with Crippen LogP contribution in [-0.4, -0.2) is 66.3 Å². The Morgan fingerprint density at radius 1 is 0.717 bits per heavy atom. The van der Waals surface area contributed by atoms with Crippen molar-refractivity contribution in [1.29, 1.82) is 0 Å². The molecule has 1 unspecified atom stereocenters. The van der Waals surface area contributed by atoms with Gasteiger partial charge >= 0.3 is 0 Å². The zero-order chi connectivity index (χ0) is 37.8. The first kappa shape index (κ1) is 40.8. The molecule has 13 nitrogen and oxygen atoms in total. The lowest BCUT2D eigenvalue weighted by molar-refractivity contribution is -0.539. The van der Waals surface area contributed by atoms with Gasteiger partial charge in [0.25, 0.3) is 30.4 Å². The Labute approximate surface area is 308 Å². The van der Waals surface area contributed by atoms with E-state index < -0.39 is 35.2 Å². The molecule has 0 heterocycles. The summed E-state index contributed by atoms with van der Waals surface area (Å²) in [6.07, 6.45) is 7.88. The predicted molar refractivity (Wildman–Crippen MR) is 199 cm³/mol. The fourth-order valence-electron chi connectivity index (χ4n) is 5.87. The molecule has 4 aromatic rings. The van der Waals surface area contributed by atoms with Gasteiger partial charge < -0.3 is 15.9 Å². The number of aromatic hydroxyl groups is 1. The summed E-state index contributed by atoms with van der Waals surface area (Å²) in [5.41, 5.74) is 4.71. The van der Waals surface area contributed by atoms with E-state index in [1.807, 2.05) is 30.6 Å². The van der Waals surface area contributed by atoms with E-state index in [4.69, 9.17) is 0 Å². The Kier molecular flexibility index (Phi) is 12.6. The summed E-state index contributed by atoms with van der Waals surface area (Å²) in [4.78, 5) is -0.905. The summed E-state index contributed by atoms with van der Waals surface area (Å²) >= 11 is 0. The van der Waals surface area contributed by atoms with Crippen LogP contribution < -0.4 is 5.32 Å². The molecule has 0 radical (unpaired) electrons. The Hall–Kier alpha value is -4.94. The molecule has 0 aromatic heterocycles. The molecule has 6 N–H and O–H groups in total. The smallest absolute Gasteiger partial charge is 0.295 e. The van der Waals surface area contributed by atoms with Crippen LogP contribution in [0.5, 0.6) is 5.75 Å². The van der Waals surface area contributed by atoms with E-state index in [-0.39, 0.29) is 32.6 Å². The standard InChI is InChI=1S/C37H36N2O10S3.H2O/c1-3-35(28-6-5-7-33(22-28)51(44,45)46)38-29-14-10-26(11-15-29)37(34-21-18-31(40)23-36(34)52(47,48)49)27-12-16-30(17-13-27)39(4-2)24-25-8-19-32(20-9-25)50(41,42)43;/h5-23,35H,3-4,24H2,1-2H3,(H4,38,40,41,42,43,44,45,46,47,48,49);1H2. The third-order valence-corrected chi connectivity index (χ3v) is 11.1. The van der Waals surface area contributed by atoms with E-state index in [0.29, 0.717) is 47.5 Å². The number of hydrogen-bond acceptors (Lipinski definition) is 9. The number of nitrogens with one attached hydrogen (secondary N) is 1. The summed E-state index contributed by atoms with van der Waals surface area (Å²) in [6.45, 7) is 4.89. The molecule has 0 spiro atoms. The lowest BCUT2D eigenvalue weighted by Gasteiger charge is -2.20. The van der Waals surface area contributed by atoms with Gasteiger partial charge in [0.2, 0.25) is 0 Å². The van der Waals surface area contributed by atoms with Crippen molar-refractivity contribution in [3.63, 3.8) is 0 Å². The van der Waals surface area contributed by atoms with Gasteiger partial charge in [-0.25, -0.2) is 4.58 Å². The lowest BCUT2D eigenvalue weighted by Crippen LogP contribution is -2.19. The molecule has 0 bridgehead atoms. The first-order valence-electron chi connectivity index (χ1n) is 16.0. The predicted octanol–water partition coefficient (Wildman–Crippen LogP) is 6.12. The Balaban J connectivity index is 0.00000627. The zero-order valence-electron chi connectivity index (χ0n) is 28.5. The van der Waals surface area contributed by atoms with E-state index in [1.165, 1.54) is 36.4 Å². The average Bonchev–Trinajstić information content (AvgIpc) is 3.10. The second-order valence-corrected chi connectivity index (χ2v) is 16.2. The molecule has 280 valence electrons. The molecule has 1 atom stereocenters. The highest BCUT2D eigenvalue weighted by atomic mass is 32.2. The van der Waals surface area contributed by atoms with Crippen molar-refractivity contribution in [1.82, 2.24) is 0 Å². The highest BCUT2D eigenvalue weighted by Gasteiger charge is 2.23. The molecular formula is C37H38N2O11S3. The molecule has 16 heteroatoms. The monoisotopic (exact) mass is 782 g/mol. The molecule has 0 aliphatic heterocycles. The molecule has 5 rings (SSSR count). The number of phenolic OH excluding ortho intramolecular Hbond substituents is 1. The first-order chi connectivity index (χ1) is 24.5. The molecule has 0 fully saturated rings. The van der Waals surface area contributed by atoms with Crippen molar-refractivity contribution >= 4 is 47.3 Å². The molecule has 53 heavy (non-hydrogen) atoms. The van der Waals surface area contributed by atoms with Crippen LogP contribution in [0.3, 0.4) is 0 Å². The molecule has 0 saturated carbocycles. The van der Waals surface area contributed by atoms with Crippen molar-refractivity contribution in [2.24, 2.45) is 0 Å². The van der Waals surface area contributed by atoms with Crippen LogP contribution in [0.1, 0.15) is 48.6 Å². The number of phenols is 1. The molecule has 1 aliphatic carbocycles. The summed E-state index contributed by atoms with van der Waals surface area (Å²) in [7, 11) is -13.5. The van der Waals surface area contributed by atoms with Gasteiger partial charge in [-0.3, -0.25) is 13.7 Å². The SMILES string of the molecule is CCC(Nc1ccc(C(=C2C=CC(=[N+](CC)Cc3ccc(S(=O)(=O)O)cc3)C=C2)c2ccc(O)cc2S(=O)(=O)O)cc1)c1cccc(S(=O)(=O)O)c1.[OH-]. The molecule has 1 aliphatic rings. The van der Waals surface area contributed by atoms with Crippen LogP contribution in [0.2, 0.25) is 0 Å². The van der Waals surface area contributed by atoms with Gasteiger partial charge in [0.05, 0.1) is 15.8 Å². The maximum atomic E-state index is 12.5. The summed E-state index contributed by atoms with van der Waals surface area (Å²) in [5.74, 6) is -0.350. The van der Waals surface area contributed by atoms with E-state index in [0.717, 1.165) is 17.3 Å². The van der Waals surface area contributed by atoms with Crippen molar-refractivity contribution in [3.05, 3.63) is 143 Å². The van der Waals surface area contributed by atoms with Crippen LogP contribution in [0.25, 0.3) is 5.57 Å². The Morgan fingerprint density at radius 3 is 1.89 bits per heavy atom. The number of nitrogens with zero attached hydrogens (tertiary/aromatic N) is 1. The van der Waals surface area contributed by atoms with E-state index >= 15 is 0 Å². The summed E-state index contributed by atoms with van der Waals surface area (Å²) in [6, 6.07) is 22.4. The highest BCUT2D eigenvalue weighted by molar-refractivity contribution is 7.86. The van der Waals surface area contributed by atoms with Gasteiger partial charge in [0.1, 0.15) is 17.2 Å². The molecule has 4 aromatic carbocycles. The highest BCUT2D eigenvalue weighted by Crippen LogP contribution is 2.36. The van der Waals surface area contributed by atoms with E-state index in [2.05, 4.69) is 5.32 Å². The van der Waals surface area contributed by atoms with Gasteiger partial charge in [-0.15, -0.1) is 0 Å². The van der Waals surface area contributed by atoms with E-state index in [1.54, 1.807) is 60.7 Å². The zero-order valence-corrected chi connectivity index (χ0v) is 31.0. The Morgan fingerprint density at radius 2 is 1.34 bits per heavy atom. The molecule has 0 amide bonds. The number of anilines is 1. The largest absolute Gasteiger partial charge is 0.870 e. The van der Waals surface area contributed by atoms with Gasteiger partial charge in [-0.1, -0.05) is 43.3 Å². The number of hydrogen-bond donors (Lipinski definition) is 5. The van der Waals surface area contributed by atoms with Crippen LogP contribution in [-0.2, 0) is 36.9 Å².